The van der Waals surface area contributed by atoms with E-state index in [1.165, 1.54) is 23.6 Å². The minimum absolute atomic E-state index is 0.0237. The van der Waals surface area contributed by atoms with E-state index in [9.17, 15) is 4.79 Å². The van der Waals surface area contributed by atoms with Gasteiger partial charge < -0.3 is 10.4 Å². The van der Waals surface area contributed by atoms with Gasteiger partial charge in [0.2, 0.25) is 0 Å². The maximum Gasteiger partial charge on any atom is 0.337 e. The molecule has 2 aromatic rings. The molecule has 2 heterocycles. The second-order valence-electron chi connectivity index (χ2n) is 3.83. The molecule has 0 saturated carbocycles. The van der Waals surface area contributed by atoms with Crippen molar-refractivity contribution >= 4 is 46.3 Å². The van der Waals surface area contributed by atoms with Gasteiger partial charge in [-0.3, -0.25) is 0 Å². The van der Waals surface area contributed by atoms with E-state index in [1.54, 1.807) is 0 Å². The van der Waals surface area contributed by atoms with E-state index >= 15 is 0 Å². The summed E-state index contributed by atoms with van der Waals surface area (Å²) in [5, 5.41) is 12.2. The van der Waals surface area contributed by atoms with Crippen LogP contribution in [0, 0.1) is 0 Å². The van der Waals surface area contributed by atoms with Crippen molar-refractivity contribution in [3.05, 3.63) is 44.2 Å². The van der Waals surface area contributed by atoms with Crippen molar-refractivity contribution in [2.75, 3.05) is 5.32 Å². The van der Waals surface area contributed by atoms with Crippen molar-refractivity contribution in [2.24, 2.45) is 0 Å². The molecular formula is C12H10Cl2N2O2S. The zero-order valence-electron chi connectivity index (χ0n) is 9.85. The van der Waals surface area contributed by atoms with E-state index in [0.717, 1.165) is 4.88 Å². The summed E-state index contributed by atoms with van der Waals surface area (Å²) in [6, 6.07) is 5.01. The van der Waals surface area contributed by atoms with Gasteiger partial charge in [-0.05, 0) is 25.1 Å². The summed E-state index contributed by atoms with van der Waals surface area (Å²) < 4.78 is 0.696. The molecule has 0 amide bonds. The molecule has 2 N–H and O–H groups in total. The van der Waals surface area contributed by atoms with Crippen molar-refractivity contribution < 1.29 is 9.90 Å². The number of pyridine rings is 1. The van der Waals surface area contributed by atoms with E-state index in [-0.39, 0.29) is 16.6 Å². The lowest BCUT2D eigenvalue weighted by atomic mass is 10.2. The van der Waals surface area contributed by atoms with E-state index in [1.807, 2.05) is 19.1 Å². The Kier molecular flexibility index (Phi) is 4.29. The Morgan fingerprint density at radius 3 is 2.74 bits per heavy atom. The summed E-state index contributed by atoms with van der Waals surface area (Å²) in [7, 11) is 0. The van der Waals surface area contributed by atoms with Gasteiger partial charge in [-0.25, -0.2) is 9.78 Å². The predicted molar refractivity (Wildman–Crippen MR) is 77.6 cm³/mol. The fourth-order valence-electron chi connectivity index (χ4n) is 1.55. The Morgan fingerprint density at radius 1 is 1.42 bits per heavy atom. The first-order valence-corrected chi connectivity index (χ1v) is 6.96. The first kappa shape index (κ1) is 14.1. The molecule has 0 fully saturated rings. The molecule has 0 aliphatic rings. The van der Waals surface area contributed by atoms with Crippen LogP contribution in [0.3, 0.4) is 0 Å². The number of hydrogen-bond donors (Lipinski definition) is 2. The minimum Gasteiger partial charge on any atom is -0.478 e. The highest BCUT2D eigenvalue weighted by Gasteiger charge is 2.16. The number of carbonyl (C=O) groups is 1. The monoisotopic (exact) mass is 316 g/mol. The van der Waals surface area contributed by atoms with E-state index in [4.69, 9.17) is 28.3 Å². The Bertz CT molecular complexity index is 616. The number of thiophene rings is 1. The van der Waals surface area contributed by atoms with Gasteiger partial charge >= 0.3 is 5.97 Å². The Hall–Kier alpha value is -1.30. The highest BCUT2D eigenvalue weighted by Crippen LogP contribution is 2.31. The first-order valence-electron chi connectivity index (χ1n) is 5.38. The van der Waals surface area contributed by atoms with Crippen molar-refractivity contribution in [3.63, 3.8) is 0 Å². The normalized spacial score (nSPS) is 12.2. The zero-order valence-corrected chi connectivity index (χ0v) is 12.2. The molecule has 0 spiro atoms. The summed E-state index contributed by atoms with van der Waals surface area (Å²) in [5.41, 5.74) is 0.0237. The van der Waals surface area contributed by atoms with Crippen LogP contribution in [-0.2, 0) is 0 Å². The van der Waals surface area contributed by atoms with Crippen LogP contribution in [0.15, 0.2) is 24.4 Å². The van der Waals surface area contributed by atoms with Crippen molar-refractivity contribution in [2.45, 2.75) is 13.0 Å². The quantitative estimate of drug-likeness (QED) is 0.881. The molecule has 2 rings (SSSR count). The van der Waals surface area contributed by atoms with Gasteiger partial charge in [0.25, 0.3) is 0 Å². The Labute approximate surface area is 124 Å². The lowest BCUT2D eigenvalue weighted by Crippen LogP contribution is -2.09. The Balaban J connectivity index is 2.24. The molecule has 2 aromatic heterocycles. The van der Waals surface area contributed by atoms with Crippen molar-refractivity contribution in [1.82, 2.24) is 4.98 Å². The van der Waals surface area contributed by atoms with Gasteiger partial charge in [0.15, 0.2) is 0 Å². The van der Waals surface area contributed by atoms with E-state index in [2.05, 4.69) is 10.3 Å². The topological polar surface area (TPSA) is 62.2 Å². The number of aromatic nitrogens is 1. The third kappa shape index (κ3) is 3.18. The summed E-state index contributed by atoms with van der Waals surface area (Å²) in [5.74, 6) is -0.735. The van der Waals surface area contributed by atoms with Gasteiger partial charge in [-0.15, -0.1) is 11.3 Å². The molecule has 0 aromatic carbocycles. The van der Waals surface area contributed by atoms with Crippen molar-refractivity contribution in [1.29, 1.82) is 0 Å². The predicted octanol–water partition coefficient (Wildman–Crippen LogP) is 4.32. The number of aromatic carboxylic acids is 1. The average Bonchev–Trinajstić information content (AvgIpc) is 2.78. The maximum absolute atomic E-state index is 11.0. The highest BCUT2D eigenvalue weighted by molar-refractivity contribution is 7.16. The van der Waals surface area contributed by atoms with E-state index in [0.29, 0.717) is 10.2 Å². The van der Waals surface area contributed by atoms with Crippen molar-refractivity contribution in [3.8, 4) is 0 Å². The number of rotatable bonds is 4. The molecule has 4 nitrogen and oxygen atoms in total. The van der Waals surface area contributed by atoms with Crippen LogP contribution in [0.1, 0.15) is 28.2 Å². The van der Waals surface area contributed by atoms with Gasteiger partial charge in [0.05, 0.1) is 21.0 Å². The molecule has 1 unspecified atom stereocenters. The van der Waals surface area contributed by atoms with Crippen LogP contribution < -0.4 is 5.32 Å². The summed E-state index contributed by atoms with van der Waals surface area (Å²) in [6.45, 7) is 1.92. The summed E-state index contributed by atoms with van der Waals surface area (Å²) in [4.78, 5) is 16.1. The molecule has 19 heavy (non-hydrogen) atoms. The summed E-state index contributed by atoms with van der Waals surface area (Å²) in [6.07, 6.45) is 1.41. The second-order valence-corrected chi connectivity index (χ2v) is 5.96. The van der Waals surface area contributed by atoms with Crippen LogP contribution >= 0.6 is 34.5 Å². The molecule has 0 radical (unpaired) electrons. The lowest BCUT2D eigenvalue weighted by Gasteiger charge is -2.14. The smallest absolute Gasteiger partial charge is 0.337 e. The van der Waals surface area contributed by atoms with Crippen LogP contribution in [0.25, 0.3) is 0 Å². The Morgan fingerprint density at radius 2 is 2.16 bits per heavy atom. The number of carboxylic acids is 1. The molecule has 100 valence electrons. The van der Waals surface area contributed by atoms with Crippen LogP contribution in [0.2, 0.25) is 9.36 Å². The minimum atomic E-state index is -1.08. The third-order valence-electron chi connectivity index (χ3n) is 2.49. The fourth-order valence-corrected chi connectivity index (χ4v) is 2.86. The first-order chi connectivity index (χ1) is 8.99. The molecular weight excluding hydrogens is 307 g/mol. The van der Waals surface area contributed by atoms with Gasteiger partial charge in [-0.1, -0.05) is 23.2 Å². The molecule has 0 aliphatic heterocycles. The molecule has 0 saturated heterocycles. The van der Waals surface area contributed by atoms with Gasteiger partial charge in [-0.2, -0.15) is 0 Å². The number of carboxylic acid groups (broad SMARTS) is 1. The highest BCUT2D eigenvalue weighted by atomic mass is 35.5. The standard InChI is InChI=1S/C12H10Cl2N2O2S/c1-6(8-2-3-9(13)19-8)16-11-10(14)7(12(17)18)4-5-15-11/h2-6H,1H3,(H,15,16)(H,17,18). The van der Waals surface area contributed by atoms with Crippen LogP contribution in [0.4, 0.5) is 5.82 Å². The number of anilines is 1. The number of hydrogen-bond acceptors (Lipinski definition) is 4. The van der Waals surface area contributed by atoms with Gasteiger partial charge in [0, 0.05) is 11.1 Å². The third-order valence-corrected chi connectivity index (χ3v) is 4.29. The molecule has 7 heteroatoms. The SMILES string of the molecule is CC(Nc1nccc(C(=O)O)c1Cl)c1ccc(Cl)s1. The molecule has 0 aliphatic carbocycles. The number of nitrogens with zero attached hydrogens (tertiary/aromatic N) is 1. The molecule has 1 atom stereocenters. The zero-order chi connectivity index (χ0) is 14.0. The van der Waals surface area contributed by atoms with E-state index < -0.39 is 5.97 Å². The average molecular weight is 317 g/mol. The number of halogens is 2. The largest absolute Gasteiger partial charge is 0.478 e. The fraction of sp³-hybridized carbons (Fsp3) is 0.167. The molecule has 0 bridgehead atoms. The number of nitrogens with one attached hydrogen (secondary N) is 1. The second kappa shape index (κ2) is 5.77. The van der Waals surface area contributed by atoms with Crippen LogP contribution in [0.5, 0.6) is 0 Å². The maximum atomic E-state index is 11.0. The van der Waals surface area contributed by atoms with Gasteiger partial charge in [0.1, 0.15) is 5.82 Å². The van der Waals surface area contributed by atoms with Crippen LogP contribution in [-0.4, -0.2) is 16.1 Å². The summed E-state index contributed by atoms with van der Waals surface area (Å²) >= 11 is 13.3. The lowest BCUT2D eigenvalue weighted by molar-refractivity contribution is 0.0697.